The number of amides is 1. The molecule has 2 aromatic rings. The summed E-state index contributed by atoms with van der Waals surface area (Å²) in [5, 5.41) is 3.04. The van der Waals surface area contributed by atoms with Crippen molar-refractivity contribution in [1.82, 2.24) is 9.88 Å². The van der Waals surface area contributed by atoms with Crippen LogP contribution >= 0.6 is 31.9 Å². The van der Waals surface area contributed by atoms with Gasteiger partial charge in [0.1, 0.15) is 0 Å². The first-order valence-electron chi connectivity index (χ1n) is 9.62. The standard InChI is InChI=1S/C21H23Br2N3O2/c22-14-3-6-16(7-4-14)25-21(27)19(20-8-5-15(23)11-24-20)2-1-9-26-12-18-10-17(26)13-28-18/h3-8,11,17-19H,1-2,9-10,12-13H2,(H,25,27)/t17-,18-,19?/m0/s1. The van der Waals surface area contributed by atoms with Crippen LogP contribution in [-0.2, 0) is 9.53 Å². The molecule has 3 heterocycles. The number of halogens is 2. The first-order chi connectivity index (χ1) is 13.6. The first kappa shape index (κ1) is 20.0. The lowest BCUT2D eigenvalue weighted by atomic mass is 9.97. The summed E-state index contributed by atoms with van der Waals surface area (Å²) >= 11 is 6.85. The third-order valence-corrected chi connectivity index (χ3v) is 6.49. The molecule has 0 radical (unpaired) electrons. The van der Waals surface area contributed by atoms with Gasteiger partial charge in [-0.25, -0.2) is 0 Å². The van der Waals surface area contributed by atoms with Crippen molar-refractivity contribution in [3.8, 4) is 0 Å². The van der Waals surface area contributed by atoms with Crippen LogP contribution in [0.25, 0.3) is 0 Å². The fourth-order valence-corrected chi connectivity index (χ4v) is 4.52. The molecule has 0 aliphatic carbocycles. The van der Waals surface area contributed by atoms with E-state index in [4.69, 9.17) is 4.74 Å². The number of hydrogen-bond acceptors (Lipinski definition) is 4. The molecule has 2 aliphatic rings. The van der Waals surface area contributed by atoms with Crippen molar-refractivity contribution >= 4 is 43.5 Å². The van der Waals surface area contributed by atoms with Crippen molar-refractivity contribution in [2.24, 2.45) is 0 Å². The number of ether oxygens (including phenoxy) is 1. The SMILES string of the molecule is O=C(Nc1ccc(Br)cc1)C(CCCN1C[C@@H]2C[C@H]1CO2)c1ccc(Br)cn1. The van der Waals surface area contributed by atoms with Crippen LogP contribution in [0.1, 0.15) is 30.9 Å². The largest absolute Gasteiger partial charge is 0.375 e. The second-order valence-corrected chi connectivity index (χ2v) is 9.26. The number of anilines is 1. The molecule has 3 atom stereocenters. The van der Waals surface area contributed by atoms with Gasteiger partial charge in [-0.3, -0.25) is 14.7 Å². The highest BCUT2D eigenvalue weighted by molar-refractivity contribution is 9.10. The Hall–Kier alpha value is -1.28. The quantitative estimate of drug-likeness (QED) is 0.594. The van der Waals surface area contributed by atoms with Gasteiger partial charge in [0.15, 0.2) is 0 Å². The molecule has 148 valence electrons. The highest BCUT2D eigenvalue weighted by Crippen LogP contribution is 2.29. The summed E-state index contributed by atoms with van der Waals surface area (Å²) in [6.45, 7) is 2.88. The minimum atomic E-state index is -0.271. The molecule has 1 amide bonds. The van der Waals surface area contributed by atoms with E-state index in [1.807, 2.05) is 36.4 Å². The molecule has 0 saturated carbocycles. The monoisotopic (exact) mass is 507 g/mol. The molecule has 2 aliphatic heterocycles. The zero-order chi connectivity index (χ0) is 19.5. The number of rotatable bonds is 7. The number of morpholine rings is 1. The molecular formula is C21H23Br2N3O2. The lowest BCUT2D eigenvalue weighted by Crippen LogP contribution is -2.37. The average Bonchev–Trinajstić information content (AvgIpc) is 3.31. The van der Waals surface area contributed by atoms with Crippen molar-refractivity contribution in [3.05, 3.63) is 57.2 Å². The Bertz CT molecular complexity index is 813. The van der Waals surface area contributed by atoms with Crippen molar-refractivity contribution in [1.29, 1.82) is 0 Å². The lowest BCUT2D eigenvalue weighted by Gasteiger charge is -2.27. The normalized spacial score (nSPS) is 22.4. The number of pyridine rings is 1. The molecule has 28 heavy (non-hydrogen) atoms. The topological polar surface area (TPSA) is 54.5 Å². The maximum atomic E-state index is 13.0. The van der Waals surface area contributed by atoms with Crippen LogP contribution < -0.4 is 5.32 Å². The van der Waals surface area contributed by atoms with Crippen LogP contribution in [0.5, 0.6) is 0 Å². The second kappa shape index (κ2) is 9.03. The number of likely N-dealkylation sites (tertiary alicyclic amines) is 1. The van der Waals surface area contributed by atoms with E-state index in [1.165, 1.54) is 0 Å². The van der Waals surface area contributed by atoms with Crippen LogP contribution in [0.3, 0.4) is 0 Å². The third-order valence-electron chi connectivity index (χ3n) is 5.49. The van der Waals surface area contributed by atoms with Crippen LogP contribution in [0.15, 0.2) is 51.5 Å². The van der Waals surface area contributed by atoms with Gasteiger partial charge in [-0.2, -0.15) is 0 Å². The second-order valence-electron chi connectivity index (χ2n) is 7.43. The third kappa shape index (κ3) is 4.82. The van der Waals surface area contributed by atoms with Gasteiger partial charge in [0.05, 0.1) is 24.3 Å². The minimum Gasteiger partial charge on any atom is -0.375 e. The summed E-state index contributed by atoms with van der Waals surface area (Å²) in [4.78, 5) is 20.0. The predicted octanol–water partition coefficient (Wildman–Crippen LogP) is 4.58. The molecule has 7 heteroatoms. The van der Waals surface area contributed by atoms with Gasteiger partial charge in [-0.15, -0.1) is 0 Å². The maximum Gasteiger partial charge on any atom is 0.233 e. The van der Waals surface area contributed by atoms with Gasteiger partial charge in [0.2, 0.25) is 5.91 Å². The lowest BCUT2D eigenvalue weighted by molar-refractivity contribution is -0.117. The van der Waals surface area contributed by atoms with Crippen LogP contribution in [0, 0.1) is 0 Å². The number of hydrogen-bond donors (Lipinski definition) is 1. The number of nitrogens with zero attached hydrogens (tertiary/aromatic N) is 2. The molecular weight excluding hydrogens is 486 g/mol. The van der Waals surface area contributed by atoms with Gasteiger partial charge >= 0.3 is 0 Å². The van der Waals surface area contributed by atoms with Crippen LogP contribution in [0.4, 0.5) is 5.69 Å². The Kier molecular flexibility index (Phi) is 6.45. The van der Waals surface area contributed by atoms with E-state index in [1.54, 1.807) is 6.20 Å². The molecule has 1 aromatic heterocycles. The summed E-state index contributed by atoms with van der Waals surface area (Å²) in [5.74, 6) is -0.281. The molecule has 1 aromatic carbocycles. The first-order valence-corrected chi connectivity index (χ1v) is 11.2. The summed E-state index contributed by atoms with van der Waals surface area (Å²) in [7, 11) is 0. The molecule has 5 nitrogen and oxygen atoms in total. The summed E-state index contributed by atoms with van der Waals surface area (Å²) in [5.41, 5.74) is 1.61. The van der Waals surface area contributed by atoms with Crippen molar-refractivity contribution < 1.29 is 9.53 Å². The van der Waals surface area contributed by atoms with Crippen LogP contribution in [-0.4, -0.2) is 47.6 Å². The minimum absolute atomic E-state index is 0.0107. The van der Waals surface area contributed by atoms with Gasteiger partial charge in [-0.1, -0.05) is 15.9 Å². The highest BCUT2D eigenvalue weighted by Gasteiger charge is 2.38. The Morgan fingerprint density at radius 1 is 1.21 bits per heavy atom. The van der Waals surface area contributed by atoms with Gasteiger partial charge in [-0.05, 0) is 78.1 Å². The molecule has 2 saturated heterocycles. The van der Waals surface area contributed by atoms with Gasteiger partial charge in [0.25, 0.3) is 0 Å². The summed E-state index contributed by atoms with van der Waals surface area (Å²) < 4.78 is 7.58. The van der Waals surface area contributed by atoms with E-state index in [9.17, 15) is 4.79 Å². The van der Waals surface area contributed by atoms with Crippen LogP contribution in [0.2, 0.25) is 0 Å². The number of fused-ring (bicyclic) bond motifs is 2. The van der Waals surface area contributed by atoms with E-state index in [0.29, 0.717) is 12.1 Å². The number of carbonyl (C=O) groups is 1. The highest BCUT2D eigenvalue weighted by atomic mass is 79.9. The Morgan fingerprint density at radius 3 is 2.64 bits per heavy atom. The zero-order valence-electron chi connectivity index (χ0n) is 15.5. The number of aromatic nitrogens is 1. The van der Waals surface area contributed by atoms with E-state index < -0.39 is 0 Å². The summed E-state index contributed by atoms with van der Waals surface area (Å²) in [6.07, 6.45) is 5.05. The molecule has 1 unspecified atom stereocenters. The molecule has 2 fully saturated rings. The molecule has 1 N–H and O–H groups in total. The fourth-order valence-electron chi connectivity index (χ4n) is 4.02. The molecule has 2 bridgehead atoms. The number of carbonyl (C=O) groups excluding carboxylic acids is 1. The van der Waals surface area contributed by atoms with E-state index in [-0.39, 0.29) is 11.8 Å². The maximum absolute atomic E-state index is 13.0. The fraction of sp³-hybridized carbons (Fsp3) is 0.429. The summed E-state index contributed by atoms with van der Waals surface area (Å²) in [6, 6.07) is 12.1. The predicted molar refractivity (Wildman–Crippen MR) is 116 cm³/mol. The molecule has 0 spiro atoms. The Labute approximate surface area is 182 Å². The van der Waals surface area contributed by atoms with E-state index in [0.717, 1.165) is 59.3 Å². The molecule has 4 rings (SSSR count). The van der Waals surface area contributed by atoms with Crippen molar-refractivity contribution in [2.75, 3.05) is 25.0 Å². The number of nitrogens with one attached hydrogen (secondary N) is 1. The number of benzene rings is 1. The van der Waals surface area contributed by atoms with E-state index >= 15 is 0 Å². The van der Waals surface area contributed by atoms with Crippen molar-refractivity contribution in [3.63, 3.8) is 0 Å². The smallest absolute Gasteiger partial charge is 0.233 e. The Morgan fingerprint density at radius 2 is 2.00 bits per heavy atom. The van der Waals surface area contributed by atoms with E-state index in [2.05, 4.69) is 47.1 Å². The van der Waals surface area contributed by atoms with Crippen molar-refractivity contribution in [2.45, 2.75) is 37.3 Å². The zero-order valence-corrected chi connectivity index (χ0v) is 18.7. The Balaban J connectivity index is 1.41. The average molecular weight is 509 g/mol. The van der Waals surface area contributed by atoms with Gasteiger partial charge < -0.3 is 10.1 Å². The van der Waals surface area contributed by atoms with Gasteiger partial charge in [0, 0.05) is 33.4 Å².